The minimum atomic E-state index is 0.0294. The first-order valence-electron chi connectivity index (χ1n) is 7.01. The third-order valence-electron chi connectivity index (χ3n) is 3.81. The van der Waals surface area contributed by atoms with Crippen molar-refractivity contribution in [1.29, 1.82) is 0 Å². The van der Waals surface area contributed by atoms with E-state index in [2.05, 4.69) is 0 Å². The topological polar surface area (TPSA) is 34.5 Å². The van der Waals surface area contributed by atoms with E-state index in [0.29, 0.717) is 6.54 Å². The molecule has 0 bridgehead atoms. The Morgan fingerprint density at radius 2 is 2.00 bits per heavy atom. The first-order valence-corrected chi connectivity index (χ1v) is 7.89. The number of thiophene rings is 1. The van der Waals surface area contributed by atoms with Gasteiger partial charge in [-0.1, -0.05) is 12.1 Å². The number of aromatic nitrogens is 1. The highest BCUT2D eigenvalue weighted by Crippen LogP contribution is 2.25. The summed E-state index contributed by atoms with van der Waals surface area (Å²) in [5.41, 5.74) is 2.90. The van der Waals surface area contributed by atoms with Crippen LogP contribution in [0.4, 0.5) is 0 Å². The van der Waals surface area contributed by atoms with E-state index >= 15 is 0 Å². The highest BCUT2D eigenvalue weighted by molar-refractivity contribution is 7.17. The van der Waals surface area contributed by atoms with Crippen molar-refractivity contribution in [3.63, 3.8) is 0 Å². The van der Waals surface area contributed by atoms with Gasteiger partial charge < -0.3 is 14.2 Å². The molecule has 3 rings (SSSR count). The molecule has 0 saturated carbocycles. The van der Waals surface area contributed by atoms with E-state index in [1.807, 2.05) is 60.4 Å². The first kappa shape index (κ1) is 14.7. The lowest BCUT2D eigenvalue weighted by molar-refractivity contribution is 0.0776. The lowest BCUT2D eigenvalue weighted by Crippen LogP contribution is -2.27. The number of carbonyl (C=O) groups is 1. The number of carbonyl (C=O) groups excluding carboxylic acids is 1. The normalized spacial score (nSPS) is 10.9. The standard InChI is InChI=1S/C17H18N2O2S/c1-18(11-12-4-6-13(21-3)7-5-12)17(20)15-10-16-14(19(15)2)8-9-22-16/h4-10H,11H2,1-3H3. The maximum absolute atomic E-state index is 12.6. The third-order valence-corrected chi connectivity index (χ3v) is 4.66. The summed E-state index contributed by atoms with van der Waals surface area (Å²) in [6.07, 6.45) is 0. The second-order valence-corrected chi connectivity index (χ2v) is 6.22. The van der Waals surface area contributed by atoms with Gasteiger partial charge in [0.15, 0.2) is 0 Å². The molecule has 0 saturated heterocycles. The van der Waals surface area contributed by atoms with Gasteiger partial charge in [0.1, 0.15) is 11.4 Å². The predicted molar refractivity (Wildman–Crippen MR) is 89.6 cm³/mol. The van der Waals surface area contributed by atoms with Gasteiger partial charge in [-0.05, 0) is 35.2 Å². The summed E-state index contributed by atoms with van der Waals surface area (Å²) >= 11 is 1.65. The van der Waals surface area contributed by atoms with Gasteiger partial charge in [0, 0.05) is 20.6 Å². The van der Waals surface area contributed by atoms with Gasteiger partial charge in [0.25, 0.3) is 5.91 Å². The molecule has 0 atom stereocenters. The maximum Gasteiger partial charge on any atom is 0.270 e. The molecule has 3 aromatic rings. The highest BCUT2D eigenvalue weighted by atomic mass is 32.1. The fourth-order valence-electron chi connectivity index (χ4n) is 2.53. The molecule has 5 heteroatoms. The number of ether oxygens (including phenoxy) is 1. The van der Waals surface area contributed by atoms with Crippen molar-refractivity contribution in [1.82, 2.24) is 9.47 Å². The van der Waals surface area contributed by atoms with Crippen molar-refractivity contribution < 1.29 is 9.53 Å². The molecule has 0 aliphatic rings. The largest absolute Gasteiger partial charge is 0.497 e. The summed E-state index contributed by atoms with van der Waals surface area (Å²) in [4.78, 5) is 14.4. The number of hydrogen-bond donors (Lipinski definition) is 0. The summed E-state index contributed by atoms with van der Waals surface area (Å²) in [6.45, 7) is 0.571. The fraction of sp³-hybridized carbons (Fsp3) is 0.235. The van der Waals surface area contributed by atoms with Crippen LogP contribution >= 0.6 is 11.3 Å². The number of fused-ring (bicyclic) bond motifs is 1. The van der Waals surface area contributed by atoms with Crippen LogP contribution in [0.3, 0.4) is 0 Å². The molecule has 0 N–H and O–H groups in total. The molecule has 2 heterocycles. The number of benzene rings is 1. The van der Waals surface area contributed by atoms with Crippen molar-refractivity contribution in [2.75, 3.05) is 14.2 Å². The second-order valence-electron chi connectivity index (χ2n) is 5.27. The smallest absolute Gasteiger partial charge is 0.270 e. The van der Waals surface area contributed by atoms with Gasteiger partial charge in [-0.3, -0.25) is 4.79 Å². The Bertz CT molecular complexity index is 802. The number of hydrogen-bond acceptors (Lipinski definition) is 3. The molecule has 0 fully saturated rings. The van der Waals surface area contributed by atoms with Crippen LogP contribution in [0.15, 0.2) is 41.8 Å². The second kappa shape index (κ2) is 5.85. The molecular weight excluding hydrogens is 296 g/mol. The minimum Gasteiger partial charge on any atom is -0.497 e. The molecule has 0 unspecified atom stereocenters. The summed E-state index contributed by atoms with van der Waals surface area (Å²) in [6, 6.07) is 11.8. The number of methoxy groups -OCH3 is 1. The number of nitrogens with zero attached hydrogens (tertiary/aromatic N) is 2. The Hall–Kier alpha value is -2.27. The molecule has 22 heavy (non-hydrogen) atoms. The van der Waals surface area contributed by atoms with Crippen molar-refractivity contribution in [2.45, 2.75) is 6.54 Å². The zero-order chi connectivity index (χ0) is 15.7. The monoisotopic (exact) mass is 314 g/mol. The summed E-state index contributed by atoms with van der Waals surface area (Å²) in [5.74, 6) is 0.849. The van der Waals surface area contributed by atoms with E-state index in [0.717, 1.165) is 27.2 Å². The Labute approximate surface area is 133 Å². The Morgan fingerprint density at radius 3 is 2.64 bits per heavy atom. The summed E-state index contributed by atoms with van der Waals surface area (Å²) in [5, 5.41) is 2.04. The summed E-state index contributed by atoms with van der Waals surface area (Å²) < 4.78 is 8.25. The van der Waals surface area contributed by atoms with E-state index in [9.17, 15) is 4.79 Å². The third kappa shape index (κ3) is 2.60. The quantitative estimate of drug-likeness (QED) is 0.738. The zero-order valence-corrected chi connectivity index (χ0v) is 13.7. The van der Waals surface area contributed by atoms with E-state index in [-0.39, 0.29) is 5.91 Å². The Kier molecular flexibility index (Phi) is 3.90. The summed E-state index contributed by atoms with van der Waals surface area (Å²) in [7, 11) is 5.41. The van der Waals surface area contributed by atoms with E-state index < -0.39 is 0 Å². The van der Waals surface area contributed by atoms with Crippen LogP contribution in [0.5, 0.6) is 5.75 Å². The van der Waals surface area contributed by atoms with E-state index in [1.54, 1.807) is 23.3 Å². The van der Waals surface area contributed by atoms with Gasteiger partial charge in [-0.25, -0.2) is 0 Å². The van der Waals surface area contributed by atoms with E-state index in [1.165, 1.54) is 0 Å². The lowest BCUT2D eigenvalue weighted by atomic mass is 10.2. The van der Waals surface area contributed by atoms with Crippen LogP contribution in [-0.4, -0.2) is 29.5 Å². The average molecular weight is 314 g/mol. The van der Waals surface area contributed by atoms with E-state index in [4.69, 9.17) is 4.74 Å². The average Bonchev–Trinajstić information content (AvgIpc) is 3.10. The number of rotatable bonds is 4. The number of amides is 1. The highest BCUT2D eigenvalue weighted by Gasteiger charge is 2.18. The van der Waals surface area contributed by atoms with Crippen LogP contribution < -0.4 is 4.74 Å². The van der Waals surface area contributed by atoms with Crippen molar-refractivity contribution in [3.8, 4) is 5.75 Å². The molecular formula is C17H18N2O2S. The van der Waals surface area contributed by atoms with Crippen LogP contribution in [-0.2, 0) is 13.6 Å². The first-order chi connectivity index (χ1) is 10.6. The zero-order valence-electron chi connectivity index (χ0n) is 12.9. The minimum absolute atomic E-state index is 0.0294. The molecule has 0 aliphatic carbocycles. The molecule has 114 valence electrons. The molecule has 1 amide bonds. The van der Waals surface area contributed by atoms with Crippen LogP contribution in [0.1, 0.15) is 16.1 Å². The van der Waals surface area contributed by atoms with Crippen LogP contribution in [0, 0.1) is 0 Å². The molecule has 0 radical (unpaired) electrons. The van der Waals surface area contributed by atoms with Crippen LogP contribution in [0.25, 0.3) is 10.2 Å². The van der Waals surface area contributed by atoms with Crippen LogP contribution in [0.2, 0.25) is 0 Å². The number of aryl methyl sites for hydroxylation is 1. The van der Waals surface area contributed by atoms with Gasteiger partial charge >= 0.3 is 0 Å². The maximum atomic E-state index is 12.6. The fourth-order valence-corrected chi connectivity index (χ4v) is 3.38. The Balaban J connectivity index is 1.78. The molecule has 4 nitrogen and oxygen atoms in total. The van der Waals surface area contributed by atoms with Crippen molar-refractivity contribution in [3.05, 3.63) is 53.0 Å². The van der Waals surface area contributed by atoms with Crippen molar-refractivity contribution >= 4 is 27.5 Å². The molecule has 1 aromatic carbocycles. The lowest BCUT2D eigenvalue weighted by Gasteiger charge is -2.18. The van der Waals surface area contributed by atoms with Gasteiger partial charge in [-0.2, -0.15) is 0 Å². The Morgan fingerprint density at radius 1 is 1.27 bits per heavy atom. The van der Waals surface area contributed by atoms with Crippen molar-refractivity contribution in [2.24, 2.45) is 7.05 Å². The van der Waals surface area contributed by atoms with Gasteiger partial charge in [0.2, 0.25) is 0 Å². The predicted octanol–water partition coefficient (Wildman–Crippen LogP) is 3.52. The van der Waals surface area contributed by atoms with Gasteiger partial charge in [0.05, 0.1) is 17.3 Å². The van der Waals surface area contributed by atoms with Gasteiger partial charge in [-0.15, -0.1) is 11.3 Å². The molecule has 2 aromatic heterocycles. The SMILES string of the molecule is COc1ccc(CN(C)C(=O)c2cc3sccc3n2C)cc1. The molecule has 0 spiro atoms. The molecule has 0 aliphatic heterocycles.